The topological polar surface area (TPSA) is 387 Å². The van der Waals surface area contributed by atoms with Gasteiger partial charge in [-0.15, -0.1) is 12.4 Å². The molecule has 0 aromatic heterocycles. The predicted octanol–water partition coefficient (Wildman–Crippen LogP) is 10.1. The zero-order valence-electron chi connectivity index (χ0n) is 67.9. The monoisotopic (exact) mass is 1620 g/mol. The van der Waals surface area contributed by atoms with Gasteiger partial charge in [-0.05, 0) is 67.9 Å². The number of nitrogens with two attached hydrogens (primary N) is 2. The minimum absolute atomic E-state index is 0. The number of carbonyl (C=O) groups is 10. The van der Waals surface area contributed by atoms with Crippen LogP contribution < -0.4 is 11.6 Å². The van der Waals surface area contributed by atoms with Crippen LogP contribution >= 0.6 is 12.4 Å². The number of hydrogen-bond acceptors (Lipinski definition) is 27. The Morgan fingerprint density at radius 1 is 0.509 bits per heavy atom. The Morgan fingerprint density at radius 2 is 0.825 bits per heavy atom. The maximum Gasteiger partial charge on any atom is 0.320 e. The van der Waals surface area contributed by atoms with Crippen molar-refractivity contribution in [2.45, 2.75) is 114 Å². The van der Waals surface area contributed by atoms with Crippen molar-refractivity contribution in [3.63, 3.8) is 0 Å². The first-order valence-electron chi connectivity index (χ1n) is 36.6. The molecule has 10 unspecified atom stereocenters. The molecule has 0 amide bonds. The van der Waals surface area contributed by atoms with Crippen LogP contribution in [0.3, 0.4) is 0 Å². The quantitative estimate of drug-likeness (QED) is 0.0113. The van der Waals surface area contributed by atoms with Gasteiger partial charge < -0.3 is 44.6 Å². The Balaban J connectivity index is 0.000000670. The lowest BCUT2D eigenvalue weighted by Gasteiger charge is -2.45. The molecule has 32 heteroatoms. The number of Topliss-reactive ketones (excluding diaryl/α,β-unsaturated/α-hetero) is 4. The number of benzene rings is 5. The Morgan fingerprint density at radius 3 is 1.12 bits per heavy atom. The summed E-state index contributed by atoms with van der Waals surface area (Å²) in [6.45, 7) is 28.6. The molecule has 4 heterocycles. The average molecular weight is 1620 g/mol. The number of carbonyl (C=O) groups excluding carboxylic acids is 10. The predicted molar refractivity (Wildman–Crippen MR) is 421 cm³/mol. The number of rotatable bonds is 19. The third-order valence-electron chi connectivity index (χ3n) is 19.3. The third kappa shape index (κ3) is 32.6. The van der Waals surface area contributed by atoms with Crippen LogP contribution in [0.1, 0.15) is 104 Å². The van der Waals surface area contributed by atoms with Crippen LogP contribution in [0.2, 0.25) is 0 Å². The molecule has 114 heavy (non-hydrogen) atoms. The van der Waals surface area contributed by atoms with Gasteiger partial charge in [0.2, 0.25) is 11.6 Å². The number of nitro benzene ring substituents is 1. The first kappa shape index (κ1) is 102. The fourth-order valence-electron chi connectivity index (χ4n) is 13.4. The lowest BCUT2D eigenvalue weighted by molar-refractivity contribution is -0.387. The van der Waals surface area contributed by atoms with Gasteiger partial charge in [0.1, 0.15) is 41.3 Å². The molecule has 0 aliphatic carbocycles. The summed E-state index contributed by atoms with van der Waals surface area (Å²) >= 11 is 0. The van der Waals surface area contributed by atoms with Gasteiger partial charge in [0.15, 0.2) is 23.2 Å². The number of methoxy groups -OCH3 is 6. The number of ketones is 4. The molecule has 10 atom stereocenters. The zero-order chi connectivity index (χ0) is 85.5. The molecular weight excluding hydrogens is 1510 g/mol. The van der Waals surface area contributed by atoms with Crippen LogP contribution in [-0.4, -0.2) is 201 Å². The number of oxime groups is 1. The van der Waals surface area contributed by atoms with E-state index in [1.54, 1.807) is 0 Å². The highest BCUT2D eigenvalue weighted by molar-refractivity contribution is 6.15. The normalized spacial score (nSPS) is 21.6. The Hall–Kier alpha value is -9.73. The van der Waals surface area contributed by atoms with E-state index in [1.165, 1.54) is 87.0 Å². The summed E-state index contributed by atoms with van der Waals surface area (Å²) in [6.07, 6.45) is -0.767. The summed E-state index contributed by atoms with van der Waals surface area (Å²) in [7, 11) is 7.21. The Bertz CT molecular complexity index is 3780. The fraction of sp³-hybridized carbons (Fsp3) is 0.500. The van der Waals surface area contributed by atoms with E-state index in [1.807, 2.05) is 61.2 Å². The van der Waals surface area contributed by atoms with E-state index < -0.39 is 104 Å². The summed E-state index contributed by atoms with van der Waals surface area (Å²) in [5, 5.41) is 28.9. The van der Waals surface area contributed by atoms with Gasteiger partial charge in [0, 0.05) is 114 Å². The molecule has 28 nitrogen and oxygen atoms in total. The number of halogens is 4. The molecule has 5 aromatic carbocycles. The fourth-order valence-corrected chi connectivity index (χ4v) is 13.4. The van der Waals surface area contributed by atoms with Crippen LogP contribution in [0.15, 0.2) is 139 Å². The highest BCUT2D eigenvalue weighted by Crippen LogP contribution is 2.40. The van der Waals surface area contributed by atoms with Crippen molar-refractivity contribution < 1.29 is 105 Å². The smallest absolute Gasteiger partial charge is 0.320 e. The molecule has 0 spiro atoms. The van der Waals surface area contributed by atoms with E-state index in [0.29, 0.717) is 54.2 Å². The first-order chi connectivity index (χ1) is 53.4. The number of ether oxygens (including phenoxy) is 6. The Kier molecular flexibility index (Phi) is 46.6. The van der Waals surface area contributed by atoms with Crippen molar-refractivity contribution >= 4 is 82.8 Å². The maximum absolute atomic E-state index is 12.9. The highest BCUT2D eigenvalue weighted by Gasteiger charge is 2.59. The van der Waals surface area contributed by atoms with Gasteiger partial charge in [0.25, 0.3) is 0 Å². The second-order valence-corrected chi connectivity index (χ2v) is 28.6. The van der Waals surface area contributed by atoms with Crippen LogP contribution in [-0.2, 0) is 103 Å². The van der Waals surface area contributed by atoms with Gasteiger partial charge in [-0.2, -0.15) is 4.39 Å². The van der Waals surface area contributed by atoms with Gasteiger partial charge in [0.05, 0.1) is 53.3 Å². The summed E-state index contributed by atoms with van der Waals surface area (Å²) in [4.78, 5) is 132. The maximum atomic E-state index is 12.9. The lowest BCUT2D eigenvalue weighted by atomic mass is 9.67. The average Bonchev–Trinajstić information content (AvgIpc) is 0.742. The van der Waals surface area contributed by atoms with Crippen molar-refractivity contribution in [3.8, 4) is 0 Å². The summed E-state index contributed by atoms with van der Waals surface area (Å²) in [5.41, 5.74) is 8.30. The molecule has 630 valence electrons. The van der Waals surface area contributed by atoms with E-state index >= 15 is 0 Å². The van der Waals surface area contributed by atoms with Crippen molar-refractivity contribution in [2.24, 2.45) is 75.0 Å². The minimum Gasteiger partial charge on any atom is -0.469 e. The van der Waals surface area contributed by atoms with E-state index in [-0.39, 0.29) is 50.2 Å². The van der Waals surface area contributed by atoms with Crippen molar-refractivity contribution in [2.75, 3.05) is 95.0 Å². The van der Waals surface area contributed by atoms with Gasteiger partial charge in [-0.25, -0.2) is 14.7 Å². The second kappa shape index (κ2) is 51.9. The van der Waals surface area contributed by atoms with Gasteiger partial charge in [-0.3, -0.25) is 77.7 Å². The molecule has 0 radical (unpaired) electrons. The lowest BCUT2D eigenvalue weighted by Crippen LogP contribution is -2.63. The minimum atomic E-state index is -1.83. The number of nitrogens with zero attached hydrogens (tertiary/aromatic N) is 6. The highest BCUT2D eigenvalue weighted by atomic mass is 35.5. The summed E-state index contributed by atoms with van der Waals surface area (Å²) in [6, 6.07) is 42.8. The first-order valence-corrected chi connectivity index (χ1v) is 36.6. The largest absolute Gasteiger partial charge is 0.469 e. The molecule has 0 saturated carbocycles. The van der Waals surface area contributed by atoms with Gasteiger partial charge in [-0.1, -0.05) is 168 Å². The standard InChI is InChI=1S/C18H23NO5.C14H20N2O.C14H22N2.C14H19NO.C9H14O5.C7H10O5.C6H2F3NO2.ClH.H3NO/c1-17(15(21)23-3)11-19(10-13-8-6-5-7-9-13)12-18(2,14(17)20)16(22)24-4;1-11-8-16(9-12(2)14(11)15-17)10-13-6-4-3-5-7-13;1-11-8-16(9-12(2)14(11)15)10-13-6-4-3-5-7-13;1-11-8-15(9-12(2)14(11)16)10-13-6-4-3-5-7-13;1-5(8(11)13-3)7(10)6(2)9(12)14-4;1-11-6(9)3-5(8)4-7(10)12-2;7-3-1-2-4(10(11)12)6(9)5(3)8;;1-2/h5-9H,10-12H2,1-4H3;3-7,11-12,17H,8-10H2,1-2H3;3-7,11-12,14H,8-10,15H2,1-2H3;3-7,11-12H,8-10H2,1-2H3;5-6H,1-4H3;3-4H2,1-2H3;1-2H;1H;2H,1H2. The molecule has 0 bridgehead atoms. The van der Waals surface area contributed by atoms with Crippen LogP contribution in [0.5, 0.6) is 0 Å². The zero-order valence-corrected chi connectivity index (χ0v) is 68.7. The van der Waals surface area contributed by atoms with E-state index in [0.717, 1.165) is 70.2 Å². The Labute approximate surface area is 671 Å². The van der Waals surface area contributed by atoms with E-state index in [4.69, 9.17) is 25.6 Å². The molecular formula is C82H114ClF3N8O20. The van der Waals surface area contributed by atoms with Crippen molar-refractivity contribution in [3.05, 3.63) is 183 Å². The SMILES string of the molecule is CC1CN(Cc2ccccc2)CC(C)C1=NO.CC1CN(Cc2ccccc2)CC(C)C1=O.CC1CN(Cc2ccccc2)CC(C)C1N.COC(=O)C(C)C(=O)C(C)C(=O)OC.COC(=O)C1(C)CN(Cc2ccccc2)CC(C)(C(=O)OC)C1=O.COC(=O)CC(=O)CC(=O)OC.Cl.NO.O=[N+]([O-])c1ccc(F)c(F)c1F. The molecule has 9 rings (SSSR count). The van der Waals surface area contributed by atoms with Crippen LogP contribution in [0.25, 0.3) is 0 Å². The van der Waals surface area contributed by atoms with Crippen LogP contribution in [0, 0.1) is 85.7 Å². The molecule has 5 aromatic rings. The third-order valence-corrected chi connectivity index (χ3v) is 19.3. The van der Waals surface area contributed by atoms with Crippen molar-refractivity contribution in [1.29, 1.82) is 0 Å². The number of hydrogen-bond donors (Lipinski definition) is 4. The number of esters is 6. The van der Waals surface area contributed by atoms with E-state index in [2.05, 4.69) is 151 Å². The van der Waals surface area contributed by atoms with Crippen molar-refractivity contribution in [1.82, 2.24) is 19.6 Å². The molecule has 6 N–H and O–H groups in total. The molecule has 4 aliphatic rings. The molecule has 4 aliphatic heterocycles. The van der Waals surface area contributed by atoms with Crippen LogP contribution in [0.4, 0.5) is 18.9 Å². The second-order valence-electron chi connectivity index (χ2n) is 28.6. The summed E-state index contributed by atoms with van der Waals surface area (Å²) < 4.78 is 63.8. The molecule has 4 saturated heterocycles. The number of nitro groups is 1. The molecule has 4 fully saturated rings. The van der Waals surface area contributed by atoms with E-state index in [9.17, 15) is 71.2 Å². The van der Waals surface area contributed by atoms with Gasteiger partial charge >= 0.3 is 41.5 Å². The number of piperidine rings is 4. The number of likely N-dealkylation sites (tertiary alicyclic amines) is 4. The summed E-state index contributed by atoms with van der Waals surface area (Å²) in [5.74, 6) is -6.07.